The van der Waals surface area contributed by atoms with Crippen LogP contribution in [0.25, 0.3) is 0 Å². The summed E-state index contributed by atoms with van der Waals surface area (Å²) in [4.78, 5) is 27.8. The van der Waals surface area contributed by atoms with Crippen molar-refractivity contribution in [2.24, 2.45) is 0 Å². The van der Waals surface area contributed by atoms with Gasteiger partial charge in [-0.2, -0.15) is 0 Å². The lowest BCUT2D eigenvalue weighted by atomic mass is 10.1. The lowest BCUT2D eigenvalue weighted by molar-refractivity contribution is 0.0387. The number of carbonyl (C=O) groups excluding carboxylic acids is 2. The molecule has 1 heterocycles. The van der Waals surface area contributed by atoms with Gasteiger partial charge in [0.1, 0.15) is 24.7 Å². The molecule has 2 rings (SSSR count). The standard InChI is InChI=1S/C20H26N2O6/c1-13-17(20(24)28-12-10-26-4)14(2)21-18(13)19(23)22-15-5-7-16(8-6-15)27-11-9-25-3/h5-8,21H,9-12H2,1-4H3,(H,22,23). The van der Waals surface area contributed by atoms with Crippen LogP contribution in [0.1, 0.15) is 32.1 Å². The molecule has 0 aliphatic rings. The van der Waals surface area contributed by atoms with E-state index in [1.165, 1.54) is 7.11 Å². The molecular formula is C20H26N2O6. The van der Waals surface area contributed by atoms with Crippen molar-refractivity contribution in [1.82, 2.24) is 4.98 Å². The number of hydrogen-bond donors (Lipinski definition) is 2. The Balaban J connectivity index is 2.04. The van der Waals surface area contributed by atoms with Crippen molar-refractivity contribution in [3.63, 3.8) is 0 Å². The molecule has 28 heavy (non-hydrogen) atoms. The molecule has 1 aromatic heterocycles. The number of H-pyrrole nitrogens is 1. The SMILES string of the molecule is COCCOC(=O)c1c(C)[nH]c(C(=O)Nc2ccc(OCCOC)cc2)c1C. The summed E-state index contributed by atoms with van der Waals surface area (Å²) in [6.07, 6.45) is 0. The number of aryl methyl sites for hydroxylation is 1. The molecule has 0 aliphatic heterocycles. The summed E-state index contributed by atoms with van der Waals surface area (Å²) in [6.45, 7) is 4.85. The van der Waals surface area contributed by atoms with E-state index in [0.29, 0.717) is 53.8 Å². The monoisotopic (exact) mass is 390 g/mol. The summed E-state index contributed by atoms with van der Waals surface area (Å²) in [5.74, 6) is -0.146. The Morgan fingerprint density at radius 2 is 1.61 bits per heavy atom. The van der Waals surface area contributed by atoms with E-state index >= 15 is 0 Å². The number of esters is 1. The quantitative estimate of drug-likeness (QED) is 0.478. The van der Waals surface area contributed by atoms with Crippen molar-refractivity contribution in [3.8, 4) is 5.75 Å². The molecule has 0 saturated carbocycles. The predicted octanol–water partition coefficient (Wildman–Crippen LogP) is 2.71. The molecular weight excluding hydrogens is 364 g/mol. The molecule has 8 heteroatoms. The highest BCUT2D eigenvalue weighted by molar-refractivity contribution is 6.06. The first-order valence-electron chi connectivity index (χ1n) is 8.86. The van der Waals surface area contributed by atoms with Crippen LogP contribution >= 0.6 is 0 Å². The van der Waals surface area contributed by atoms with E-state index in [4.69, 9.17) is 18.9 Å². The van der Waals surface area contributed by atoms with Crippen LogP contribution in [0.4, 0.5) is 5.69 Å². The van der Waals surface area contributed by atoms with Crippen molar-refractivity contribution < 1.29 is 28.5 Å². The number of ether oxygens (including phenoxy) is 4. The van der Waals surface area contributed by atoms with Gasteiger partial charge in [-0.15, -0.1) is 0 Å². The van der Waals surface area contributed by atoms with Gasteiger partial charge >= 0.3 is 5.97 Å². The van der Waals surface area contributed by atoms with E-state index in [1.54, 1.807) is 45.2 Å². The Morgan fingerprint density at radius 1 is 0.964 bits per heavy atom. The van der Waals surface area contributed by atoms with Crippen LogP contribution < -0.4 is 10.1 Å². The molecule has 0 atom stereocenters. The molecule has 1 aromatic carbocycles. The number of benzene rings is 1. The van der Waals surface area contributed by atoms with Crippen molar-refractivity contribution in [2.75, 3.05) is 46.0 Å². The third-order valence-electron chi connectivity index (χ3n) is 4.06. The normalized spacial score (nSPS) is 10.6. The average Bonchev–Trinajstić information content (AvgIpc) is 2.98. The second-order valence-corrected chi connectivity index (χ2v) is 6.07. The van der Waals surface area contributed by atoms with E-state index < -0.39 is 5.97 Å². The third kappa shape index (κ3) is 5.58. The van der Waals surface area contributed by atoms with Gasteiger partial charge in [-0.1, -0.05) is 0 Å². The molecule has 0 unspecified atom stereocenters. The number of carbonyl (C=O) groups is 2. The lowest BCUT2D eigenvalue weighted by Gasteiger charge is -2.08. The van der Waals surface area contributed by atoms with Gasteiger partial charge in [0.05, 0.1) is 18.8 Å². The summed E-state index contributed by atoms with van der Waals surface area (Å²) in [5, 5.41) is 2.80. The molecule has 0 spiro atoms. The Hall–Kier alpha value is -2.84. The smallest absolute Gasteiger partial charge is 0.340 e. The maximum Gasteiger partial charge on any atom is 0.340 e. The first kappa shape index (κ1) is 21.5. The second kappa shape index (κ2) is 10.5. The number of amides is 1. The van der Waals surface area contributed by atoms with Crippen molar-refractivity contribution in [3.05, 3.63) is 46.8 Å². The zero-order valence-corrected chi connectivity index (χ0v) is 16.6. The Bertz CT molecular complexity index is 798. The summed E-state index contributed by atoms with van der Waals surface area (Å²) < 4.78 is 20.4. The summed E-state index contributed by atoms with van der Waals surface area (Å²) in [7, 11) is 3.14. The molecule has 8 nitrogen and oxygen atoms in total. The number of nitrogens with one attached hydrogen (secondary N) is 2. The van der Waals surface area contributed by atoms with E-state index in [1.807, 2.05) is 0 Å². The fourth-order valence-corrected chi connectivity index (χ4v) is 2.64. The second-order valence-electron chi connectivity index (χ2n) is 6.07. The topological polar surface area (TPSA) is 98.9 Å². The van der Waals surface area contributed by atoms with Gasteiger partial charge in [-0.3, -0.25) is 4.79 Å². The highest BCUT2D eigenvalue weighted by atomic mass is 16.6. The van der Waals surface area contributed by atoms with E-state index in [0.717, 1.165) is 0 Å². The van der Waals surface area contributed by atoms with Crippen LogP contribution in [0.5, 0.6) is 5.75 Å². The van der Waals surface area contributed by atoms with Gasteiger partial charge < -0.3 is 29.2 Å². The number of aromatic amines is 1. The van der Waals surface area contributed by atoms with Crippen LogP contribution in [0.2, 0.25) is 0 Å². The maximum atomic E-state index is 12.6. The van der Waals surface area contributed by atoms with Gasteiger partial charge in [-0.25, -0.2) is 4.79 Å². The summed E-state index contributed by atoms with van der Waals surface area (Å²) >= 11 is 0. The molecule has 152 valence electrons. The number of aromatic nitrogens is 1. The Labute approximate surface area is 164 Å². The minimum absolute atomic E-state index is 0.153. The molecule has 0 bridgehead atoms. The summed E-state index contributed by atoms with van der Waals surface area (Å²) in [6, 6.07) is 7.00. The van der Waals surface area contributed by atoms with Gasteiger partial charge in [0.2, 0.25) is 0 Å². The highest BCUT2D eigenvalue weighted by Crippen LogP contribution is 2.21. The van der Waals surface area contributed by atoms with E-state index in [-0.39, 0.29) is 12.5 Å². The number of hydrogen-bond acceptors (Lipinski definition) is 6. The Morgan fingerprint density at radius 3 is 2.25 bits per heavy atom. The lowest BCUT2D eigenvalue weighted by Crippen LogP contribution is -2.14. The number of rotatable bonds is 10. The maximum absolute atomic E-state index is 12.6. The van der Waals surface area contributed by atoms with E-state index in [9.17, 15) is 9.59 Å². The van der Waals surface area contributed by atoms with Crippen molar-refractivity contribution in [1.29, 1.82) is 0 Å². The van der Waals surface area contributed by atoms with Crippen LogP contribution in [0, 0.1) is 13.8 Å². The Kier molecular flexibility index (Phi) is 8.03. The number of methoxy groups -OCH3 is 2. The van der Waals surface area contributed by atoms with Gasteiger partial charge in [-0.05, 0) is 43.7 Å². The highest BCUT2D eigenvalue weighted by Gasteiger charge is 2.23. The average molecular weight is 390 g/mol. The molecule has 1 amide bonds. The van der Waals surface area contributed by atoms with Crippen molar-refractivity contribution in [2.45, 2.75) is 13.8 Å². The molecule has 0 radical (unpaired) electrons. The van der Waals surface area contributed by atoms with E-state index in [2.05, 4.69) is 10.3 Å². The number of anilines is 1. The minimum atomic E-state index is -0.486. The van der Waals surface area contributed by atoms with Gasteiger partial charge in [0, 0.05) is 25.6 Å². The zero-order valence-electron chi connectivity index (χ0n) is 16.6. The fourth-order valence-electron chi connectivity index (χ4n) is 2.64. The molecule has 0 saturated heterocycles. The molecule has 2 aromatic rings. The third-order valence-corrected chi connectivity index (χ3v) is 4.06. The largest absolute Gasteiger partial charge is 0.491 e. The van der Waals surface area contributed by atoms with Crippen molar-refractivity contribution >= 4 is 17.6 Å². The van der Waals surface area contributed by atoms with Crippen LogP contribution in [0.3, 0.4) is 0 Å². The fraction of sp³-hybridized carbons (Fsp3) is 0.400. The first-order chi connectivity index (χ1) is 13.5. The van der Waals surface area contributed by atoms with Crippen LogP contribution in [-0.2, 0) is 14.2 Å². The zero-order chi connectivity index (χ0) is 20.5. The minimum Gasteiger partial charge on any atom is -0.491 e. The molecule has 2 N–H and O–H groups in total. The predicted molar refractivity (Wildman–Crippen MR) is 104 cm³/mol. The first-order valence-corrected chi connectivity index (χ1v) is 8.86. The van der Waals surface area contributed by atoms with Gasteiger partial charge in [0.15, 0.2) is 0 Å². The molecule has 0 fully saturated rings. The molecule has 0 aliphatic carbocycles. The summed E-state index contributed by atoms with van der Waals surface area (Å²) in [5.41, 5.74) is 2.41. The van der Waals surface area contributed by atoms with Crippen LogP contribution in [0.15, 0.2) is 24.3 Å². The van der Waals surface area contributed by atoms with Crippen LogP contribution in [-0.4, -0.2) is 57.5 Å². The van der Waals surface area contributed by atoms with Gasteiger partial charge in [0.25, 0.3) is 5.91 Å².